The van der Waals surface area contributed by atoms with Crippen LogP contribution in [0.4, 0.5) is 0 Å². The average molecular weight is 1100 g/mol. The summed E-state index contributed by atoms with van der Waals surface area (Å²) >= 11 is 3.61. The highest BCUT2D eigenvalue weighted by Crippen LogP contribution is 2.47. The molecule has 6 heteroatoms. The van der Waals surface area contributed by atoms with Crippen LogP contribution < -0.4 is 0 Å². The highest BCUT2D eigenvalue weighted by Gasteiger charge is 2.26. The van der Waals surface area contributed by atoms with Crippen molar-refractivity contribution in [1.82, 2.24) is 19.5 Å². The smallest absolute Gasteiger partial charge is 0.164 e. The summed E-state index contributed by atoms with van der Waals surface area (Å²) in [6.07, 6.45) is 0. The van der Waals surface area contributed by atoms with Crippen molar-refractivity contribution in [2.75, 3.05) is 0 Å². The molecule has 4 heterocycles. The Morgan fingerprint density at radius 2 is 0.639 bits per heavy atom. The summed E-state index contributed by atoms with van der Waals surface area (Å²) in [5.74, 6) is 1.86. The molecule has 0 saturated carbocycles. The largest absolute Gasteiger partial charge is 0.308 e. The molecule has 0 aliphatic carbocycles. The van der Waals surface area contributed by atoms with Crippen molar-refractivity contribution in [2.24, 2.45) is 0 Å². The molecule has 398 valence electrons. The van der Waals surface area contributed by atoms with Crippen LogP contribution in [0.2, 0.25) is 0 Å². The van der Waals surface area contributed by atoms with Gasteiger partial charge in [0.05, 0.1) is 16.7 Å². The molecule has 0 atom stereocenters. The molecule has 0 spiro atoms. The Morgan fingerprint density at radius 3 is 1.06 bits per heavy atom. The van der Waals surface area contributed by atoms with E-state index in [4.69, 9.17) is 15.0 Å². The Kier molecular flexibility index (Phi) is 12.0. The van der Waals surface area contributed by atoms with Crippen molar-refractivity contribution in [3.63, 3.8) is 0 Å². The Labute approximate surface area is 491 Å². The van der Waals surface area contributed by atoms with Crippen molar-refractivity contribution in [3.05, 3.63) is 254 Å². The number of hydrogen-bond acceptors (Lipinski definition) is 5. The zero-order chi connectivity index (χ0) is 56.1. The maximum absolute atomic E-state index is 5.57. The summed E-state index contributed by atoms with van der Waals surface area (Å²) in [5.41, 5.74) is 17.6. The van der Waals surface area contributed by atoms with Crippen molar-refractivity contribution < 1.29 is 0 Å². The standard InChI is InChI=1S/C77H58N4S2/c1-76(2,3)56-33-25-49(26-34-56)62-43-55(75-79-73(53-29-37-60-58-21-13-15-23-68(58)82-70(60)45-53)78-74(80-75)54-30-38-61-59-22-14-16-24-69(59)83-71(61)46-54)44-63(50-27-35-57(36-28-50)77(4,5)6)72(62)81-66-39-31-51(47-17-9-7-10-18-47)41-64(66)65-42-52(32-40-67(65)81)48-19-11-8-12-20-48/h7-46H,1-6H3. The molecule has 11 aromatic carbocycles. The minimum Gasteiger partial charge on any atom is -0.308 e. The second kappa shape index (κ2) is 19.7. The highest BCUT2D eigenvalue weighted by atomic mass is 32.1. The summed E-state index contributed by atoms with van der Waals surface area (Å²) in [6.45, 7) is 13.7. The second-order valence-electron chi connectivity index (χ2n) is 24.0. The van der Waals surface area contributed by atoms with Gasteiger partial charge in [0.2, 0.25) is 0 Å². The lowest BCUT2D eigenvalue weighted by Gasteiger charge is -2.23. The molecule has 83 heavy (non-hydrogen) atoms. The van der Waals surface area contributed by atoms with Crippen molar-refractivity contribution in [2.45, 2.75) is 52.4 Å². The minimum absolute atomic E-state index is 0.0433. The third-order valence-corrected chi connectivity index (χ3v) is 18.9. The van der Waals surface area contributed by atoms with Crippen LogP contribution in [-0.2, 0) is 10.8 Å². The number of benzene rings is 11. The quantitative estimate of drug-likeness (QED) is 0.152. The first-order chi connectivity index (χ1) is 40.4. The van der Waals surface area contributed by atoms with Crippen LogP contribution in [-0.4, -0.2) is 19.5 Å². The van der Waals surface area contributed by atoms with E-state index in [1.54, 1.807) is 0 Å². The van der Waals surface area contributed by atoms with Crippen LogP contribution in [0.5, 0.6) is 0 Å². The molecule has 4 nitrogen and oxygen atoms in total. The third-order valence-electron chi connectivity index (χ3n) is 16.6. The van der Waals surface area contributed by atoms with E-state index in [9.17, 15) is 0 Å². The highest BCUT2D eigenvalue weighted by molar-refractivity contribution is 7.26. The van der Waals surface area contributed by atoms with Crippen LogP contribution in [0.15, 0.2) is 243 Å². The summed E-state index contributed by atoms with van der Waals surface area (Å²) in [7, 11) is 0. The summed E-state index contributed by atoms with van der Waals surface area (Å²) in [4.78, 5) is 16.5. The topological polar surface area (TPSA) is 43.6 Å². The second-order valence-corrected chi connectivity index (χ2v) is 26.2. The SMILES string of the molecule is CC(C)(C)c1ccc(-c2cc(-c3nc(-c4ccc5c(c4)sc4ccccc45)nc(-c4ccc5c(c4)sc4ccccc45)n3)cc(-c3ccc(C(C)(C)C)cc3)c2-n2c3ccc(-c4ccccc4)cc3c3cc(-c4ccccc4)ccc32)cc1. The number of fused-ring (bicyclic) bond motifs is 9. The molecule has 0 N–H and O–H groups in total. The lowest BCUT2D eigenvalue weighted by Crippen LogP contribution is -2.11. The molecule has 0 fully saturated rings. The van der Waals surface area contributed by atoms with Crippen molar-refractivity contribution >= 4 is 84.8 Å². The van der Waals surface area contributed by atoms with Crippen molar-refractivity contribution in [1.29, 1.82) is 0 Å². The molecule has 15 rings (SSSR count). The van der Waals surface area contributed by atoms with Gasteiger partial charge in [-0.1, -0.05) is 224 Å². The third kappa shape index (κ3) is 9.01. The lowest BCUT2D eigenvalue weighted by molar-refractivity contribution is 0.590. The first-order valence-corrected chi connectivity index (χ1v) is 30.2. The van der Waals surface area contributed by atoms with Gasteiger partial charge in [0, 0.05) is 78.9 Å². The van der Waals surface area contributed by atoms with E-state index in [1.807, 2.05) is 22.7 Å². The molecule has 0 bridgehead atoms. The van der Waals surface area contributed by atoms with Crippen LogP contribution in [0.3, 0.4) is 0 Å². The summed E-state index contributed by atoms with van der Waals surface area (Å²) < 4.78 is 7.45. The zero-order valence-electron chi connectivity index (χ0n) is 47.2. The Bertz CT molecular complexity index is 4710. The van der Waals surface area contributed by atoms with Gasteiger partial charge in [-0.2, -0.15) is 0 Å². The maximum atomic E-state index is 5.57. The van der Waals surface area contributed by atoms with Gasteiger partial charge in [-0.05, 0) is 116 Å². The van der Waals surface area contributed by atoms with Crippen LogP contribution >= 0.6 is 22.7 Å². The monoisotopic (exact) mass is 1100 g/mol. The van der Waals surface area contributed by atoms with Gasteiger partial charge >= 0.3 is 0 Å². The Hall–Kier alpha value is -9.33. The van der Waals surface area contributed by atoms with Crippen LogP contribution in [0, 0.1) is 0 Å². The normalized spacial score (nSPS) is 12.2. The predicted molar refractivity (Wildman–Crippen MR) is 355 cm³/mol. The van der Waals surface area contributed by atoms with Gasteiger partial charge in [-0.15, -0.1) is 22.7 Å². The van der Waals surface area contributed by atoms with E-state index in [0.717, 1.165) is 55.7 Å². The Balaban J connectivity index is 1.03. The fourth-order valence-corrected chi connectivity index (χ4v) is 14.4. The van der Waals surface area contributed by atoms with E-state index in [1.165, 1.54) is 84.5 Å². The summed E-state index contributed by atoms with van der Waals surface area (Å²) in [6, 6.07) is 89.4. The average Bonchev–Trinajstić information content (AvgIpc) is 3.18. The summed E-state index contributed by atoms with van der Waals surface area (Å²) in [5, 5.41) is 7.35. The number of aromatic nitrogens is 4. The molecule has 4 aromatic heterocycles. The van der Waals surface area contributed by atoms with Crippen LogP contribution in [0.1, 0.15) is 52.7 Å². The molecular weight excluding hydrogens is 1050 g/mol. The van der Waals surface area contributed by atoms with Gasteiger partial charge in [0.15, 0.2) is 17.5 Å². The van der Waals surface area contributed by atoms with Gasteiger partial charge in [0.1, 0.15) is 0 Å². The number of rotatable bonds is 8. The number of hydrogen-bond donors (Lipinski definition) is 0. The molecule has 0 saturated heterocycles. The molecule has 0 unspecified atom stereocenters. The fraction of sp³-hybridized carbons (Fsp3) is 0.104. The van der Waals surface area contributed by atoms with E-state index < -0.39 is 0 Å². The molecule has 0 amide bonds. The number of thiophene rings is 2. The number of nitrogens with zero attached hydrogens (tertiary/aromatic N) is 4. The zero-order valence-corrected chi connectivity index (χ0v) is 48.8. The lowest BCUT2D eigenvalue weighted by atomic mass is 9.84. The minimum atomic E-state index is -0.0433. The predicted octanol–water partition coefficient (Wildman–Crippen LogP) is 22.0. The fourth-order valence-electron chi connectivity index (χ4n) is 12.1. The first kappa shape index (κ1) is 50.6. The Morgan fingerprint density at radius 1 is 0.277 bits per heavy atom. The van der Waals surface area contributed by atoms with E-state index in [0.29, 0.717) is 17.5 Å². The molecular formula is C77H58N4S2. The van der Waals surface area contributed by atoms with E-state index in [2.05, 4.69) is 289 Å². The molecule has 0 radical (unpaired) electrons. The molecule has 15 aromatic rings. The van der Waals surface area contributed by atoms with Gasteiger partial charge in [0.25, 0.3) is 0 Å². The van der Waals surface area contributed by atoms with Gasteiger partial charge in [-0.25, -0.2) is 15.0 Å². The van der Waals surface area contributed by atoms with E-state index >= 15 is 0 Å². The van der Waals surface area contributed by atoms with Gasteiger partial charge in [-0.3, -0.25) is 0 Å². The van der Waals surface area contributed by atoms with Crippen molar-refractivity contribution in [3.8, 4) is 84.4 Å². The maximum Gasteiger partial charge on any atom is 0.164 e. The van der Waals surface area contributed by atoms with Gasteiger partial charge < -0.3 is 4.57 Å². The van der Waals surface area contributed by atoms with E-state index in [-0.39, 0.29) is 10.8 Å². The molecule has 0 aliphatic heterocycles. The van der Waals surface area contributed by atoms with Crippen LogP contribution in [0.25, 0.3) is 147 Å². The molecule has 0 aliphatic rings. The first-order valence-electron chi connectivity index (χ1n) is 28.6.